The molecule has 0 saturated heterocycles. The number of hydrogen-bond acceptors (Lipinski definition) is 1. The Morgan fingerprint density at radius 3 is 2.69 bits per heavy atom. The smallest absolute Gasteiger partial charge is 0.0145 e. The van der Waals surface area contributed by atoms with Crippen molar-refractivity contribution in [1.82, 2.24) is 4.90 Å². The summed E-state index contributed by atoms with van der Waals surface area (Å²) >= 11 is 0. The van der Waals surface area contributed by atoms with E-state index in [4.69, 9.17) is 0 Å². The molecule has 0 spiro atoms. The van der Waals surface area contributed by atoms with E-state index in [2.05, 4.69) is 55.8 Å². The molecule has 0 amide bonds. The molecule has 1 aliphatic carbocycles. The molecule has 0 aromatic heterocycles. The normalized spacial score (nSPS) is 14.8. The first-order valence-corrected chi connectivity index (χ1v) is 4.56. The largest absolute Gasteiger partial charge is 0.381 e. The molecule has 1 radical (unpaired) electrons. The molecule has 2 rings (SSSR count). The zero-order valence-corrected chi connectivity index (χ0v) is 8.12. The number of hydrogen-bond donors (Lipinski definition) is 0. The van der Waals surface area contributed by atoms with Gasteiger partial charge in [-0.15, -0.1) is 0 Å². The van der Waals surface area contributed by atoms with Crippen molar-refractivity contribution in [3.05, 3.63) is 53.6 Å². The number of fused-ring (bicyclic) bond motifs is 1. The molecule has 0 fully saturated rings. The fourth-order valence-electron chi connectivity index (χ4n) is 1.60. The van der Waals surface area contributed by atoms with Gasteiger partial charge in [-0.3, -0.25) is 0 Å². The van der Waals surface area contributed by atoms with Gasteiger partial charge in [0.25, 0.3) is 0 Å². The topological polar surface area (TPSA) is 3.24 Å². The van der Waals surface area contributed by atoms with Crippen LogP contribution < -0.4 is 0 Å². The van der Waals surface area contributed by atoms with E-state index in [0.29, 0.717) is 0 Å². The van der Waals surface area contributed by atoms with Crippen molar-refractivity contribution >= 4 is 0 Å². The van der Waals surface area contributed by atoms with Crippen molar-refractivity contribution in [2.75, 3.05) is 14.1 Å². The van der Waals surface area contributed by atoms with Crippen LogP contribution in [0.1, 0.15) is 11.1 Å². The van der Waals surface area contributed by atoms with Gasteiger partial charge in [0.2, 0.25) is 0 Å². The standard InChI is InChI=1S/C12H14N/c1-13(2)12-8-7-10-5-3-4-6-11(10)9-12/h3-8H,9H2,1-2H3. The Morgan fingerprint density at radius 2 is 1.92 bits per heavy atom. The summed E-state index contributed by atoms with van der Waals surface area (Å²) < 4.78 is 0. The second kappa shape index (κ2) is 3.25. The van der Waals surface area contributed by atoms with Crippen molar-refractivity contribution in [3.63, 3.8) is 0 Å². The van der Waals surface area contributed by atoms with Gasteiger partial charge in [-0.25, -0.2) is 0 Å². The molecule has 1 aromatic carbocycles. The monoisotopic (exact) mass is 172 g/mol. The van der Waals surface area contributed by atoms with E-state index < -0.39 is 0 Å². The number of rotatable bonds is 1. The van der Waals surface area contributed by atoms with Crippen molar-refractivity contribution < 1.29 is 0 Å². The lowest BCUT2D eigenvalue weighted by molar-refractivity contribution is 0.495. The molecule has 0 atom stereocenters. The summed E-state index contributed by atoms with van der Waals surface area (Å²) in [5, 5.41) is 0. The van der Waals surface area contributed by atoms with Crippen molar-refractivity contribution in [3.8, 4) is 0 Å². The third-order valence-corrected chi connectivity index (χ3v) is 2.46. The number of nitrogens with zero attached hydrogens (tertiary/aromatic N) is 1. The molecule has 0 heterocycles. The van der Waals surface area contributed by atoms with E-state index in [1.165, 1.54) is 16.8 Å². The predicted octanol–water partition coefficient (Wildman–Crippen LogP) is 2.24. The SMILES string of the molecule is CN(C)C1=C[CH]c2ccccc2C1. The zero-order valence-electron chi connectivity index (χ0n) is 8.12. The average Bonchev–Trinajstić information content (AvgIpc) is 2.17. The van der Waals surface area contributed by atoms with Crippen LogP contribution in [-0.2, 0) is 6.42 Å². The lowest BCUT2D eigenvalue weighted by Crippen LogP contribution is -2.16. The molecule has 0 bridgehead atoms. The Kier molecular flexibility index (Phi) is 2.09. The lowest BCUT2D eigenvalue weighted by Gasteiger charge is -2.22. The maximum Gasteiger partial charge on any atom is 0.0145 e. The van der Waals surface area contributed by atoms with Gasteiger partial charge >= 0.3 is 0 Å². The summed E-state index contributed by atoms with van der Waals surface area (Å²) in [6.45, 7) is 0. The Hall–Kier alpha value is -1.24. The highest BCUT2D eigenvalue weighted by molar-refractivity contribution is 5.43. The Morgan fingerprint density at radius 1 is 1.15 bits per heavy atom. The first-order valence-electron chi connectivity index (χ1n) is 4.56. The molecular weight excluding hydrogens is 158 g/mol. The molecule has 0 aliphatic heterocycles. The van der Waals surface area contributed by atoms with Crippen molar-refractivity contribution in [1.29, 1.82) is 0 Å². The Bertz CT molecular complexity index is 337. The highest BCUT2D eigenvalue weighted by atomic mass is 15.1. The third-order valence-electron chi connectivity index (χ3n) is 2.46. The van der Waals surface area contributed by atoms with E-state index in [1.54, 1.807) is 0 Å². The van der Waals surface area contributed by atoms with Gasteiger partial charge in [0.15, 0.2) is 0 Å². The van der Waals surface area contributed by atoms with Crippen molar-refractivity contribution in [2.45, 2.75) is 6.42 Å². The van der Waals surface area contributed by atoms with Crippen LogP contribution in [0.15, 0.2) is 36.0 Å². The van der Waals surface area contributed by atoms with Crippen LogP contribution >= 0.6 is 0 Å². The lowest BCUT2D eigenvalue weighted by atomic mass is 9.94. The van der Waals surface area contributed by atoms with Crippen LogP contribution in [0, 0.1) is 6.42 Å². The van der Waals surface area contributed by atoms with Gasteiger partial charge in [0, 0.05) is 32.6 Å². The Balaban J connectivity index is 2.28. The van der Waals surface area contributed by atoms with E-state index in [-0.39, 0.29) is 0 Å². The van der Waals surface area contributed by atoms with Crippen LogP contribution in [0.4, 0.5) is 0 Å². The predicted molar refractivity (Wildman–Crippen MR) is 55.3 cm³/mol. The first kappa shape index (κ1) is 8.36. The van der Waals surface area contributed by atoms with Gasteiger partial charge < -0.3 is 4.90 Å². The zero-order chi connectivity index (χ0) is 9.26. The molecule has 1 nitrogen and oxygen atoms in total. The van der Waals surface area contributed by atoms with Crippen LogP contribution in [0.25, 0.3) is 0 Å². The van der Waals surface area contributed by atoms with Gasteiger partial charge in [0.1, 0.15) is 0 Å². The average molecular weight is 172 g/mol. The van der Waals surface area contributed by atoms with Gasteiger partial charge in [-0.1, -0.05) is 30.3 Å². The molecule has 1 aromatic rings. The fraction of sp³-hybridized carbons (Fsp3) is 0.250. The highest BCUT2D eigenvalue weighted by Crippen LogP contribution is 2.22. The van der Waals surface area contributed by atoms with Crippen LogP contribution in [0.5, 0.6) is 0 Å². The van der Waals surface area contributed by atoms with E-state index >= 15 is 0 Å². The van der Waals surface area contributed by atoms with Gasteiger partial charge in [-0.05, 0) is 11.1 Å². The molecule has 1 aliphatic rings. The molecule has 67 valence electrons. The minimum absolute atomic E-state index is 1.06. The number of benzene rings is 1. The summed E-state index contributed by atoms with van der Waals surface area (Å²) in [5.41, 5.74) is 4.15. The van der Waals surface area contributed by atoms with Crippen LogP contribution in [-0.4, -0.2) is 19.0 Å². The molecule has 0 unspecified atom stereocenters. The second-order valence-electron chi connectivity index (χ2n) is 3.59. The number of allylic oxidation sites excluding steroid dienone is 2. The third kappa shape index (κ3) is 1.59. The minimum atomic E-state index is 1.06. The van der Waals surface area contributed by atoms with Crippen molar-refractivity contribution in [2.24, 2.45) is 0 Å². The molecule has 0 saturated carbocycles. The summed E-state index contributed by atoms with van der Waals surface area (Å²) in [6, 6.07) is 8.55. The molecule has 0 N–H and O–H groups in total. The molecule has 1 heteroatoms. The quantitative estimate of drug-likeness (QED) is 0.628. The highest BCUT2D eigenvalue weighted by Gasteiger charge is 2.10. The van der Waals surface area contributed by atoms with E-state index in [9.17, 15) is 0 Å². The molecule has 13 heavy (non-hydrogen) atoms. The van der Waals surface area contributed by atoms with E-state index in [0.717, 1.165) is 6.42 Å². The molecular formula is C12H14N. The van der Waals surface area contributed by atoms with Gasteiger partial charge in [-0.2, -0.15) is 0 Å². The first-order chi connectivity index (χ1) is 6.27. The number of likely N-dealkylation sites (N-methyl/N-ethyl adjacent to an activating group) is 1. The minimum Gasteiger partial charge on any atom is -0.381 e. The Labute approximate surface area is 79.7 Å². The van der Waals surface area contributed by atoms with Gasteiger partial charge in [0.05, 0.1) is 0 Å². The summed E-state index contributed by atoms with van der Waals surface area (Å²) in [5.74, 6) is 0. The maximum absolute atomic E-state index is 2.20. The van der Waals surface area contributed by atoms with E-state index in [1.807, 2.05) is 0 Å². The fourth-order valence-corrected chi connectivity index (χ4v) is 1.60. The van der Waals surface area contributed by atoms with Crippen LogP contribution in [0.3, 0.4) is 0 Å². The summed E-state index contributed by atoms with van der Waals surface area (Å²) in [6.07, 6.45) is 5.44. The summed E-state index contributed by atoms with van der Waals surface area (Å²) in [4.78, 5) is 2.17. The maximum atomic E-state index is 2.20. The van der Waals surface area contributed by atoms with Crippen LogP contribution in [0.2, 0.25) is 0 Å². The summed E-state index contributed by atoms with van der Waals surface area (Å²) in [7, 11) is 4.18. The second-order valence-corrected chi connectivity index (χ2v) is 3.59.